The van der Waals surface area contributed by atoms with Crippen LogP contribution in [-0.4, -0.2) is 41.5 Å². The Morgan fingerprint density at radius 1 is 1.25 bits per heavy atom. The summed E-state index contributed by atoms with van der Waals surface area (Å²) in [5.41, 5.74) is 1.79. The van der Waals surface area contributed by atoms with E-state index in [0.29, 0.717) is 11.0 Å². The van der Waals surface area contributed by atoms with Gasteiger partial charge in [-0.25, -0.2) is 9.97 Å². The number of aromatic nitrogens is 2. The van der Waals surface area contributed by atoms with E-state index in [4.69, 9.17) is 11.6 Å². The Kier molecular flexibility index (Phi) is 4.96. The number of anilines is 1. The quantitative estimate of drug-likeness (QED) is 0.859. The van der Waals surface area contributed by atoms with Crippen molar-refractivity contribution in [2.75, 3.05) is 32.0 Å². The van der Waals surface area contributed by atoms with Crippen molar-refractivity contribution in [1.29, 1.82) is 0 Å². The lowest BCUT2D eigenvalue weighted by Gasteiger charge is -2.15. The molecule has 16 heavy (non-hydrogen) atoms. The Morgan fingerprint density at radius 3 is 2.50 bits per heavy atom. The van der Waals surface area contributed by atoms with E-state index in [9.17, 15) is 0 Å². The zero-order valence-corrected chi connectivity index (χ0v) is 11.1. The SMILES string of the molecule is CCN(C)CCNc1nc(C)c(C)nc1Cl. The van der Waals surface area contributed by atoms with Crippen LogP contribution in [0.5, 0.6) is 0 Å². The largest absolute Gasteiger partial charge is 0.366 e. The lowest BCUT2D eigenvalue weighted by atomic mass is 10.3. The monoisotopic (exact) mass is 242 g/mol. The predicted octanol–water partition coefficient (Wildman–Crippen LogP) is 2.11. The summed E-state index contributed by atoms with van der Waals surface area (Å²) in [6.45, 7) is 8.78. The Bertz CT molecular complexity index is 354. The number of nitrogens with one attached hydrogen (secondary N) is 1. The smallest absolute Gasteiger partial charge is 0.171 e. The number of rotatable bonds is 5. The first kappa shape index (κ1) is 13.2. The van der Waals surface area contributed by atoms with Crippen LogP contribution >= 0.6 is 11.6 Å². The van der Waals surface area contributed by atoms with E-state index in [0.717, 1.165) is 31.0 Å². The number of likely N-dealkylation sites (N-methyl/N-ethyl adjacent to an activating group) is 1. The minimum absolute atomic E-state index is 0.447. The fourth-order valence-corrected chi connectivity index (χ4v) is 1.45. The van der Waals surface area contributed by atoms with Gasteiger partial charge >= 0.3 is 0 Å². The molecule has 1 rings (SSSR count). The molecule has 0 aliphatic rings. The third-order valence-corrected chi connectivity index (χ3v) is 2.85. The Balaban J connectivity index is 2.57. The molecule has 0 spiro atoms. The van der Waals surface area contributed by atoms with Gasteiger partial charge in [-0.05, 0) is 27.4 Å². The van der Waals surface area contributed by atoms with Crippen LogP contribution < -0.4 is 5.32 Å². The third-order valence-electron chi connectivity index (χ3n) is 2.59. The van der Waals surface area contributed by atoms with Gasteiger partial charge in [-0.3, -0.25) is 0 Å². The molecule has 1 aromatic rings. The van der Waals surface area contributed by atoms with Gasteiger partial charge in [0, 0.05) is 13.1 Å². The van der Waals surface area contributed by atoms with Gasteiger partial charge in [-0.15, -0.1) is 0 Å². The van der Waals surface area contributed by atoms with Crippen LogP contribution in [0.4, 0.5) is 5.82 Å². The van der Waals surface area contributed by atoms with E-state index in [-0.39, 0.29) is 0 Å². The Hall–Kier alpha value is -0.870. The maximum Gasteiger partial charge on any atom is 0.171 e. The molecule has 0 fully saturated rings. The molecule has 0 aliphatic heterocycles. The van der Waals surface area contributed by atoms with Crippen molar-refractivity contribution in [3.05, 3.63) is 16.5 Å². The van der Waals surface area contributed by atoms with Crippen molar-refractivity contribution in [1.82, 2.24) is 14.9 Å². The van der Waals surface area contributed by atoms with E-state index < -0.39 is 0 Å². The minimum atomic E-state index is 0.447. The summed E-state index contributed by atoms with van der Waals surface area (Å²) < 4.78 is 0. The van der Waals surface area contributed by atoms with Crippen molar-refractivity contribution >= 4 is 17.4 Å². The van der Waals surface area contributed by atoms with E-state index >= 15 is 0 Å². The summed E-state index contributed by atoms with van der Waals surface area (Å²) in [4.78, 5) is 10.8. The molecule has 0 bridgehead atoms. The van der Waals surface area contributed by atoms with Gasteiger partial charge in [-0.1, -0.05) is 18.5 Å². The standard InChI is InChI=1S/C11H19ClN4/c1-5-16(4)7-6-13-11-10(12)14-8(2)9(3)15-11/h5-7H2,1-4H3,(H,13,15). The first-order valence-corrected chi connectivity index (χ1v) is 5.85. The van der Waals surface area contributed by atoms with Crippen molar-refractivity contribution in [2.24, 2.45) is 0 Å². The van der Waals surface area contributed by atoms with Crippen molar-refractivity contribution in [2.45, 2.75) is 20.8 Å². The molecule has 0 radical (unpaired) electrons. The molecule has 0 aliphatic carbocycles. The molecular formula is C11H19ClN4. The van der Waals surface area contributed by atoms with E-state index in [1.54, 1.807) is 0 Å². The summed E-state index contributed by atoms with van der Waals surface area (Å²) in [5.74, 6) is 0.675. The van der Waals surface area contributed by atoms with E-state index in [1.165, 1.54) is 0 Å². The summed E-state index contributed by atoms with van der Waals surface area (Å²) in [7, 11) is 2.08. The van der Waals surface area contributed by atoms with Crippen molar-refractivity contribution in [3.8, 4) is 0 Å². The van der Waals surface area contributed by atoms with E-state index in [2.05, 4.69) is 34.2 Å². The molecule has 0 unspecified atom stereocenters. The van der Waals surface area contributed by atoms with Crippen molar-refractivity contribution < 1.29 is 0 Å². The van der Waals surface area contributed by atoms with Gasteiger partial charge in [0.1, 0.15) is 0 Å². The predicted molar refractivity (Wildman–Crippen MR) is 68.2 cm³/mol. The second-order valence-corrected chi connectivity index (χ2v) is 4.21. The molecule has 0 atom stereocenters. The second kappa shape index (κ2) is 6.01. The lowest BCUT2D eigenvalue weighted by molar-refractivity contribution is 0.367. The highest BCUT2D eigenvalue weighted by atomic mass is 35.5. The van der Waals surface area contributed by atoms with Gasteiger partial charge in [0.25, 0.3) is 0 Å². The lowest BCUT2D eigenvalue weighted by Crippen LogP contribution is -2.25. The van der Waals surface area contributed by atoms with Crippen LogP contribution in [-0.2, 0) is 0 Å². The molecule has 0 aromatic carbocycles. The zero-order valence-electron chi connectivity index (χ0n) is 10.3. The molecule has 1 heterocycles. The molecule has 0 saturated heterocycles. The fraction of sp³-hybridized carbons (Fsp3) is 0.636. The molecule has 4 nitrogen and oxygen atoms in total. The Labute approximate surface area is 102 Å². The molecule has 5 heteroatoms. The van der Waals surface area contributed by atoms with Crippen LogP contribution in [0.2, 0.25) is 5.15 Å². The fourth-order valence-electron chi connectivity index (χ4n) is 1.21. The first-order chi connectivity index (χ1) is 7.54. The molecular weight excluding hydrogens is 224 g/mol. The minimum Gasteiger partial charge on any atom is -0.366 e. The van der Waals surface area contributed by atoms with Gasteiger partial charge in [0.15, 0.2) is 11.0 Å². The van der Waals surface area contributed by atoms with Crippen LogP contribution in [0.25, 0.3) is 0 Å². The highest BCUT2D eigenvalue weighted by molar-refractivity contribution is 6.31. The summed E-state index contributed by atoms with van der Waals surface area (Å²) in [6, 6.07) is 0. The number of hydrogen-bond donors (Lipinski definition) is 1. The van der Waals surface area contributed by atoms with Crippen LogP contribution in [0.3, 0.4) is 0 Å². The van der Waals surface area contributed by atoms with Gasteiger partial charge < -0.3 is 10.2 Å². The maximum absolute atomic E-state index is 6.00. The summed E-state index contributed by atoms with van der Waals surface area (Å²) in [5, 5.41) is 3.65. The average molecular weight is 243 g/mol. The van der Waals surface area contributed by atoms with Gasteiger partial charge in [-0.2, -0.15) is 0 Å². The van der Waals surface area contributed by atoms with E-state index in [1.807, 2.05) is 13.8 Å². The molecule has 90 valence electrons. The molecule has 1 N–H and O–H groups in total. The van der Waals surface area contributed by atoms with Crippen LogP contribution in [0, 0.1) is 13.8 Å². The van der Waals surface area contributed by atoms with Crippen LogP contribution in [0.1, 0.15) is 18.3 Å². The topological polar surface area (TPSA) is 41.0 Å². The second-order valence-electron chi connectivity index (χ2n) is 3.86. The summed E-state index contributed by atoms with van der Waals surface area (Å²) >= 11 is 6.00. The first-order valence-electron chi connectivity index (χ1n) is 5.47. The zero-order chi connectivity index (χ0) is 12.1. The highest BCUT2D eigenvalue weighted by Crippen LogP contribution is 2.17. The number of aryl methyl sites for hydroxylation is 2. The number of halogens is 1. The molecule has 1 aromatic heterocycles. The highest BCUT2D eigenvalue weighted by Gasteiger charge is 2.06. The van der Waals surface area contributed by atoms with Gasteiger partial charge in [0.2, 0.25) is 0 Å². The van der Waals surface area contributed by atoms with Crippen LogP contribution in [0.15, 0.2) is 0 Å². The number of hydrogen-bond acceptors (Lipinski definition) is 4. The Morgan fingerprint density at radius 2 is 1.88 bits per heavy atom. The molecule has 0 amide bonds. The third kappa shape index (κ3) is 3.61. The summed E-state index contributed by atoms with van der Waals surface area (Å²) in [6.07, 6.45) is 0. The molecule has 0 saturated carbocycles. The van der Waals surface area contributed by atoms with Gasteiger partial charge in [0.05, 0.1) is 11.4 Å². The van der Waals surface area contributed by atoms with Crippen molar-refractivity contribution in [3.63, 3.8) is 0 Å². The normalized spacial score (nSPS) is 10.9. The maximum atomic E-state index is 6.00. The number of nitrogens with zero attached hydrogens (tertiary/aromatic N) is 3. The average Bonchev–Trinajstić information content (AvgIpc) is 2.25.